The molecule has 134 valence electrons. The number of hydrogen-bond acceptors (Lipinski definition) is 4. The maximum atomic E-state index is 12.5. The average Bonchev–Trinajstić information content (AvgIpc) is 3.07. The zero-order valence-electron chi connectivity index (χ0n) is 14.7. The van der Waals surface area contributed by atoms with Gasteiger partial charge in [-0.05, 0) is 24.3 Å². The van der Waals surface area contributed by atoms with E-state index in [2.05, 4.69) is 9.97 Å². The van der Waals surface area contributed by atoms with Crippen LogP contribution >= 0.6 is 0 Å². The third kappa shape index (κ3) is 2.99. The molecule has 6 nitrogen and oxygen atoms in total. The maximum absolute atomic E-state index is 12.5. The van der Waals surface area contributed by atoms with Crippen molar-refractivity contribution in [3.63, 3.8) is 0 Å². The van der Waals surface area contributed by atoms with Crippen molar-refractivity contribution in [3.05, 3.63) is 67.0 Å². The molecule has 0 unspecified atom stereocenters. The SMILES string of the molecule is O=C(Cn1cnc2ccccc21)N1CC(Oc2ccc3ccccc3n2)C1. The predicted octanol–water partition coefficient (Wildman–Crippen LogP) is 2.87. The van der Waals surface area contributed by atoms with Gasteiger partial charge in [0.2, 0.25) is 11.8 Å². The Labute approximate surface area is 156 Å². The van der Waals surface area contributed by atoms with Gasteiger partial charge in [0.05, 0.1) is 36.0 Å². The van der Waals surface area contributed by atoms with E-state index in [1.165, 1.54) is 0 Å². The number of amides is 1. The number of fused-ring (bicyclic) bond motifs is 2. The quantitative estimate of drug-likeness (QED) is 0.563. The number of benzene rings is 2. The number of ether oxygens (including phenoxy) is 1. The van der Waals surface area contributed by atoms with Gasteiger partial charge in [0.1, 0.15) is 12.6 Å². The fourth-order valence-corrected chi connectivity index (χ4v) is 3.38. The lowest BCUT2D eigenvalue weighted by molar-refractivity contribution is -0.140. The monoisotopic (exact) mass is 358 g/mol. The molecule has 1 fully saturated rings. The number of carbonyl (C=O) groups excluding carboxylic acids is 1. The summed E-state index contributed by atoms with van der Waals surface area (Å²) in [7, 11) is 0. The molecule has 0 radical (unpaired) electrons. The molecule has 3 heterocycles. The van der Waals surface area contributed by atoms with E-state index in [1.807, 2.05) is 65.2 Å². The van der Waals surface area contributed by atoms with Crippen LogP contribution in [0.25, 0.3) is 21.9 Å². The van der Waals surface area contributed by atoms with Crippen molar-refractivity contribution in [1.82, 2.24) is 19.4 Å². The number of likely N-dealkylation sites (tertiary alicyclic amines) is 1. The zero-order valence-corrected chi connectivity index (χ0v) is 14.7. The molecule has 1 aliphatic rings. The third-order valence-electron chi connectivity index (χ3n) is 4.89. The van der Waals surface area contributed by atoms with Gasteiger partial charge in [-0.15, -0.1) is 0 Å². The highest BCUT2D eigenvalue weighted by molar-refractivity contribution is 5.81. The normalized spacial score (nSPS) is 14.4. The van der Waals surface area contributed by atoms with Crippen LogP contribution in [-0.2, 0) is 11.3 Å². The molecule has 1 amide bonds. The van der Waals surface area contributed by atoms with Gasteiger partial charge in [-0.1, -0.05) is 30.3 Å². The first-order valence-electron chi connectivity index (χ1n) is 8.96. The number of nitrogens with zero attached hydrogens (tertiary/aromatic N) is 4. The average molecular weight is 358 g/mol. The Hall–Kier alpha value is -3.41. The van der Waals surface area contributed by atoms with E-state index >= 15 is 0 Å². The van der Waals surface area contributed by atoms with Gasteiger partial charge in [0.15, 0.2) is 0 Å². The molecular formula is C21H18N4O2. The Morgan fingerprint density at radius 3 is 2.67 bits per heavy atom. The Morgan fingerprint density at radius 2 is 1.78 bits per heavy atom. The summed E-state index contributed by atoms with van der Waals surface area (Å²) in [5, 5.41) is 1.09. The lowest BCUT2D eigenvalue weighted by Gasteiger charge is -2.38. The Balaban J connectivity index is 1.20. The van der Waals surface area contributed by atoms with Gasteiger partial charge < -0.3 is 14.2 Å². The molecule has 6 heteroatoms. The second-order valence-electron chi connectivity index (χ2n) is 6.74. The van der Waals surface area contributed by atoms with Crippen molar-refractivity contribution >= 4 is 27.8 Å². The first-order chi connectivity index (χ1) is 13.3. The van der Waals surface area contributed by atoms with Crippen molar-refractivity contribution in [2.45, 2.75) is 12.6 Å². The first-order valence-corrected chi connectivity index (χ1v) is 8.96. The van der Waals surface area contributed by atoms with Crippen LogP contribution in [0.1, 0.15) is 0 Å². The van der Waals surface area contributed by atoms with Crippen LogP contribution in [0.3, 0.4) is 0 Å². The molecule has 1 aliphatic heterocycles. The number of imidazole rings is 1. The summed E-state index contributed by atoms with van der Waals surface area (Å²) < 4.78 is 7.81. The van der Waals surface area contributed by atoms with Gasteiger partial charge in [0, 0.05) is 11.5 Å². The number of para-hydroxylation sites is 3. The zero-order chi connectivity index (χ0) is 18.2. The van der Waals surface area contributed by atoms with Crippen molar-refractivity contribution < 1.29 is 9.53 Å². The molecular weight excluding hydrogens is 340 g/mol. The largest absolute Gasteiger partial charge is 0.471 e. The molecule has 0 spiro atoms. The molecule has 4 aromatic rings. The summed E-state index contributed by atoms with van der Waals surface area (Å²) in [5.41, 5.74) is 2.78. The van der Waals surface area contributed by atoms with Gasteiger partial charge in [-0.25, -0.2) is 9.97 Å². The van der Waals surface area contributed by atoms with Crippen LogP contribution in [0.4, 0.5) is 0 Å². The van der Waals surface area contributed by atoms with Gasteiger partial charge in [0.25, 0.3) is 0 Å². The fraction of sp³-hybridized carbons (Fsp3) is 0.190. The van der Waals surface area contributed by atoms with Crippen LogP contribution in [-0.4, -0.2) is 44.5 Å². The number of hydrogen-bond donors (Lipinski definition) is 0. The molecule has 2 aromatic carbocycles. The minimum atomic E-state index is -0.0119. The Kier molecular flexibility index (Phi) is 3.74. The lowest BCUT2D eigenvalue weighted by Crippen LogP contribution is -2.56. The number of rotatable bonds is 4. The van der Waals surface area contributed by atoms with Crippen LogP contribution < -0.4 is 4.74 Å². The fourth-order valence-electron chi connectivity index (χ4n) is 3.38. The topological polar surface area (TPSA) is 60.2 Å². The molecule has 0 aliphatic carbocycles. The van der Waals surface area contributed by atoms with Crippen LogP contribution in [0, 0.1) is 0 Å². The molecule has 5 rings (SSSR count). The second-order valence-corrected chi connectivity index (χ2v) is 6.74. The summed E-state index contributed by atoms with van der Waals surface area (Å²) in [6, 6.07) is 19.6. The van der Waals surface area contributed by atoms with Crippen LogP contribution in [0.2, 0.25) is 0 Å². The molecule has 0 bridgehead atoms. The van der Waals surface area contributed by atoms with E-state index in [1.54, 1.807) is 11.2 Å². The van der Waals surface area contributed by atoms with Crippen molar-refractivity contribution in [3.8, 4) is 5.88 Å². The Bertz CT molecular complexity index is 1130. The number of pyridine rings is 1. The van der Waals surface area contributed by atoms with E-state index in [0.717, 1.165) is 21.9 Å². The summed E-state index contributed by atoms with van der Waals surface area (Å²) in [4.78, 5) is 23.2. The van der Waals surface area contributed by atoms with Crippen LogP contribution in [0.15, 0.2) is 67.0 Å². The maximum Gasteiger partial charge on any atom is 0.242 e. The summed E-state index contributed by atoms with van der Waals surface area (Å²) in [6.07, 6.45) is 1.71. The highest BCUT2D eigenvalue weighted by atomic mass is 16.5. The first kappa shape index (κ1) is 15.8. The lowest BCUT2D eigenvalue weighted by atomic mass is 10.1. The number of aromatic nitrogens is 3. The molecule has 0 saturated carbocycles. The summed E-state index contributed by atoms with van der Waals surface area (Å²) in [6.45, 7) is 1.46. The van der Waals surface area contributed by atoms with E-state index in [-0.39, 0.29) is 12.0 Å². The minimum absolute atomic E-state index is 0.0119. The van der Waals surface area contributed by atoms with E-state index in [4.69, 9.17) is 4.74 Å². The summed E-state index contributed by atoms with van der Waals surface area (Å²) in [5.74, 6) is 0.677. The predicted molar refractivity (Wildman–Crippen MR) is 102 cm³/mol. The smallest absolute Gasteiger partial charge is 0.242 e. The van der Waals surface area contributed by atoms with Crippen molar-refractivity contribution in [1.29, 1.82) is 0 Å². The Morgan fingerprint density at radius 1 is 1.00 bits per heavy atom. The summed E-state index contributed by atoms with van der Waals surface area (Å²) >= 11 is 0. The van der Waals surface area contributed by atoms with Crippen LogP contribution in [0.5, 0.6) is 5.88 Å². The molecule has 0 N–H and O–H groups in total. The molecule has 27 heavy (non-hydrogen) atoms. The molecule has 1 saturated heterocycles. The molecule has 2 aromatic heterocycles. The van der Waals surface area contributed by atoms with E-state index < -0.39 is 0 Å². The van der Waals surface area contributed by atoms with Gasteiger partial charge >= 0.3 is 0 Å². The third-order valence-corrected chi connectivity index (χ3v) is 4.89. The molecule has 0 atom stereocenters. The highest BCUT2D eigenvalue weighted by Gasteiger charge is 2.32. The minimum Gasteiger partial charge on any atom is -0.471 e. The number of carbonyl (C=O) groups is 1. The van der Waals surface area contributed by atoms with Crippen molar-refractivity contribution in [2.75, 3.05) is 13.1 Å². The highest BCUT2D eigenvalue weighted by Crippen LogP contribution is 2.21. The second kappa shape index (κ2) is 6.39. The van der Waals surface area contributed by atoms with Crippen molar-refractivity contribution in [2.24, 2.45) is 0 Å². The van der Waals surface area contributed by atoms with E-state index in [9.17, 15) is 4.79 Å². The van der Waals surface area contributed by atoms with Gasteiger partial charge in [-0.3, -0.25) is 4.79 Å². The van der Waals surface area contributed by atoms with E-state index in [0.29, 0.717) is 25.5 Å². The standard InChI is InChI=1S/C21H18N4O2/c26-21(13-25-14-22-18-7-3-4-8-19(18)25)24-11-16(12-24)27-20-10-9-15-5-1-2-6-17(15)23-20/h1-10,14,16H,11-13H2. The van der Waals surface area contributed by atoms with Gasteiger partial charge in [-0.2, -0.15) is 0 Å².